The predicted octanol–water partition coefficient (Wildman–Crippen LogP) is 2.87. The van der Waals surface area contributed by atoms with Crippen molar-refractivity contribution in [2.75, 3.05) is 6.54 Å². The van der Waals surface area contributed by atoms with Crippen LogP contribution < -0.4 is 5.32 Å². The third-order valence-electron chi connectivity index (χ3n) is 5.05. The van der Waals surface area contributed by atoms with Crippen molar-refractivity contribution in [3.05, 3.63) is 23.5 Å². The van der Waals surface area contributed by atoms with E-state index in [2.05, 4.69) is 38.0 Å². The van der Waals surface area contributed by atoms with Crippen molar-refractivity contribution in [3.63, 3.8) is 0 Å². The first-order chi connectivity index (χ1) is 8.26. The molecule has 3 nitrogen and oxygen atoms in total. The number of nitrogens with zero attached hydrogens (tertiary/aromatic N) is 1. The lowest BCUT2D eigenvalue weighted by atomic mass is 10.0. The van der Waals surface area contributed by atoms with Gasteiger partial charge in [-0.3, -0.25) is 4.98 Å². The van der Waals surface area contributed by atoms with E-state index in [1.54, 1.807) is 6.07 Å². The number of aromatic hydroxyl groups is 1. The summed E-state index contributed by atoms with van der Waals surface area (Å²) < 4.78 is 0. The van der Waals surface area contributed by atoms with E-state index >= 15 is 0 Å². The van der Waals surface area contributed by atoms with Crippen molar-refractivity contribution >= 4 is 0 Å². The first kappa shape index (κ1) is 13.3. The van der Waals surface area contributed by atoms with Crippen molar-refractivity contribution in [2.45, 2.75) is 41.2 Å². The lowest BCUT2D eigenvalue weighted by molar-refractivity contribution is 0.455. The molecule has 0 saturated heterocycles. The number of aryl methyl sites for hydroxylation is 1. The summed E-state index contributed by atoms with van der Waals surface area (Å²) in [4.78, 5) is 4.35. The average molecular weight is 248 g/mol. The largest absolute Gasteiger partial charge is 0.506 e. The van der Waals surface area contributed by atoms with Crippen LogP contribution in [0.25, 0.3) is 0 Å². The minimum absolute atomic E-state index is 0.280. The Morgan fingerprint density at radius 3 is 2.39 bits per heavy atom. The van der Waals surface area contributed by atoms with Gasteiger partial charge in [-0.25, -0.2) is 0 Å². The predicted molar refractivity (Wildman–Crippen MR) is 73.4 cm³/mol. The number of rotatable bonds is 4. The molecule has 0 radical (unpaired) electrons. The molecule has 1 aromatic rings. The minimum atomic E-state index is 0.280. The molecule has 1 aliphatic rings. The Balaban J connectivity index is 1.89. The van der Waals surface area contributed by atoms with E-state index in [4.69, 9.17) is 0 Å². The van der Waals surface area contributed by atoms with E-state index in [9.17, 15) is 5.11 Å². The molecule has 1 saturated carbocycles. The fraction of sp³-hybridized carbons (Fsp3) is 0.667. The highest BCUT2D eigenvalue weighted by Gasteiger charge is 2.63. The molecule has 0 amide bonds. The topological polar surface area (TPSA) is 45.1 Å². The van der Waals surface area contributed by atoms with Crippen LogP contribution in [0.2, 0.25) is 0 Å². The number of pyridine rings is 1. The van der Waals surface area contributed by atoms with Gasteiger partial charge in [0.25, 0.3) is 0 Å². The molecule has 0 aromatic carbocycles. The van der Waals surface area contributed by atoms with Crippen molar-refractivity contribution in [3.8, 4) is 5.75 Å². The normalized spacial score (nSPS) is 20.9. The average Bonchev–Trinajstić information content (AvgIpc) is 2.65. The fourth-order valence-electron chi connectivity index (χ4n) is 2.91. The van der Waals surface area contributed by atoms with E-state index in [0.717, 1.165) is 17.9 Å². The van der Waals surface area contributed by atoms with Gasteiger partial charge < -0.3 is 10.4 Å². The zero-order valence-electron chi connectivity index (χ0n) is 12.0. The Kier molecular flexibility index (Phi) is 3.14. The van der Waals surface area contributed by atoms with Gasteiger partial charge in [-0.15, -0.1) is 0 Å². The van der Waals surface area contributed by atoms with Gasteiger partial charge in [0, 0.05) is 12.2 Å². The minimum Gasteiger partial charge on any atom is -0.506 e. The summed E-state index contributed by atoms with van der Waals surface area (Å²) in [6.07, 6.45) is 0. The molecule has 0 aliphatic heterocycles. The van der Waals surface area contributed by atoms with Crippen molar-refractivity contribution in [2.24, 2.45) is 16.7 Å². The summed E-state index contributed by atoms with van der Waals surface area (Å²) in [5.74, 6) is 0.972. The molecule has 100 valence electrons. The molecule has 0 spiro atoms. The Morgan fingerprint density at radius 1 is 1.22 bits per heavy atom. The van der Waals surface area contributed by atoms with E-state index < -0.39 is 0 Å². The number of hydrogen-bond donors (Lipinski definition) is 2. The van der Waals surface area contributed by atoms with Gasteiger partial charge in [0.1, 0.15) is 5.75 Å². The van der Waals surface area contributed by atoms with Crippen LogP contribution in [0, 0.1) is 23.7 Å². The van der Waals surface area contributed by atoms with Crippen molar-refractivity contribution < 1.29 is 5.11 Å². The first-order valence-corrected chi connectivity index (χ1v) is 6.63. The van der Waals surface area contributed by atoms with Crippen LogP contribution in [0.15, 0.2) is 12.1 Å². The molecule has 1 fully saturated rings. The number of nitrogens with one attached hydrogen (secondary N) is 1. The summed E-state index contributed by atoms with van der Waals surface area (Å²) >= 11 is 0. The molecule has 1 aliphatic carbocycles. The van der Waals surface area contributed by atoms with E-state index in [0.29, 0.717) is 23.3 Å². The van der Waals surface area contributed by atoms with E-state index in [1.165, 1.54) is 0 Å². The first-order valence-electron chi connectivity index (χ1n) is 6.63. The van der Waals surface area contributed by atoms with E-state index in [1.807, 2.05) is 13.0 Å². The molecule has 0 unspecified atom stereocenters. The lowest BCUT2D eigenvalue weighted by Gasteiger charge is -2.08. The van der Waals surface area contributed by atoms with E-state index in [-0.39, 0.29) is 5.75 Å². The van der Waals surface area contributed by atoms with Gasteiger partial charge in [-0.2, -0.15) is 0 Å². The van der Waals surface area contributed by atoms with Gasteiger partial charge in [-0.05, 0) is 42.3 Å². The summed E-state index contributed by atoms with van der Waals surface area (Å²) in [6.45, 7) is 12.8. The SMILES string of the molecule is Cc1ccc(O)c(CNCC2C(C)(C)C2(C)C)n1. The summed E-state index contributed by atoms with van der Waals surface area (Å²) in [5, 5.41) is 13.1. The molecule has 0 atom stereocenters. The Bertz CT molecular complexity index is 438. The Labute approximate surface area is 110 Å². The molecular formula is C15H24N2O. The maximum atomic E-state index is 9.72. The number of aromatic nitrogens is 1. The quantitative estimate of drug-likeness (QED) is 0.861. The highest BCUT2D eigenvalue weighted by atomic mass is 16.3. The maximum absolute atomic E-state index is 9.72. The van der Waals surface area contributed by atoms with Crippen LogP contribution in [0.1, 0.15) is 39.1 Å². The van der Waals surface area contributed by atoms with Gasteiger partial charge in [0.2, 0.25) is 0 Å². The van der Waals surface area contributed by atoms with Crippen LogP contribution in [0.5, 0.6) is 5.75 Å². The second-order valence-corrected chi connectivity index (χ2v) is 6.55. The second-order valence-electron chi connectivity index (χ2n) is 6.55. The van der Waals surface area contributed by atoms with Crippen LogP contribution in [-0.2, 0) is 6.54 Å². The van der Waals surface area contributed by atoms with Crippen LogP contribution in [-0.4, -0.2) is 16.6 Å². The molecule has 18 heavy (non-hydrogen) atoms. The second kappa shape index (κ2) is 4.23. The third-order valence-corrected chi connectivity index (χ3v) is 5.05. The molecule has 1 aromatic heterocycles. The van der Waals surface area contributed by atoms with Gasteiger partial charge in [-0.1, -0.05) is 27.7 Å². The molecule has 2 N–H and O–H groups in total. The molecule has 3 heteroatoms. The molecule has 0 bridgehead atoms. The van der Waals surface area contributed by atoms with Crippen LogP contribution in [0.3, 0.4) is 0 Å². The summed E-state index contributed by atoms with van der Waals surface area (Å²) in [6, 6.07) is 3.54. The monoisotopic (exact) mass is 248 g/mol. The van der Waals surface area contributed by atoms with Gasteiger partial charge in [0.15, 0.2) is 0 Å². The Hall–Kier alpha value is -1.09. The van der Waals surface area contributed by atoms with Gasteiger partial charge in [0.05, 0.1) is 5.69 Å². The third kappa shape index (κ3) is 2.12. The Morgan fingerprint density at radius 2 is 1.83 bits per heavy atom. The summed E-state index contributed by atoms with van der Waals surface area (Å²) in [5.41, 5.74) is 2.49. The van der Waals surface area contributed by atoms with Crippen LogP contribution in [0.4, 0.5) is 0 Å². The molecular weight excluding hydrogens is 224 g/mol. The zero-order chi connectivity index (χ0) is 13.6. The highest BCUT2D eigenvalue weighted by molar-refractivity contribution is 5.27. The van der Waals surface area contributed by atoms with Gasteiger partial charge >= 0.3 is 0 Å². The maximum Gasteiger partial charge on any atom is 0.138 e. The molecule has 1 heterocycles. The number of hydrogen-bond acceptors (Lipinski definition) is 3. The fourth-order valence-corrected chi connectivity index (χ4v) is 2.91. The van der Waals surface area contributed by atoms with Crippen molar-refractivity contribution in [1.82, 2.24) is 10.3 Å². The molecule has 2 rings (SSSR count). The zero-order valence-corrected chi connectivity index (χ0v) is 12.0. The van der Waals surface area contributed by atoms with Crippen molar-refractivity contribution in [1.29, 1.82) is 0 Å². The smallest absolute Gasteiger partial charge is 0.138 e. The summed E-state index contributed by atoms with van der Waals surface area (Å²) in [7, 11) is 0. The van der Waals surface area contributed by atoms with Crippen LogP contribution >= 0.6 is 0 Å². The highest BCUT2D eigenvalue weighted by Crippen LogP contribution is 2.67. The lowest BCUT2D eigenvalue weighted by Crippen LogP contribution is -2.19. The standard InChI is InChI=1S/C15H24N2O/c1-10-6-7-12(18)11(17-10)8-16-9-13-14(2,3)15(13,4)5/h6-7,13,16,18H,8-9H2,1-5H3.